The highest BCUT2D eigenvalue weighted by atomic mass is 16.5. The number of hydrogen-bond acceptors (Lipinski definition) is 2. The molecule has 0 N–H and O–H groups in total. The van der Waals surface area contributed by atoms with Crippen molar-refractivity contribution >= 4 is 0 Å². The molecule has 24 heavy (non-hydrogen) atoms. The molecular formula is C22H34O2. The molecule has 0 aromatic heterocycles. The van der Waals surface area contributed by atoms with Gasteiger partial charge in [0.05, 0.1) is 6.61 Å². The van der Waals surface area contributed by atoms with Crippen LogP contribution in [-0.4, -0.2) is 13.2 Å². The van der Waals surface area contributed by atoms with E-state index in [0.717, 1.165) is 23.3 Å². The molecule has 134 valence electrons. The standard InChI is InChI=1S/C22H34O2/c1-3-5-6-8-19-10-12-20(13-11-19)9-7-18-24-22-16-14-21(15-17-22)23-4-2/h7,9,14-17,19-20H,3-6,8,10-13,18H2,1-2H3. The number of benzene rings is 1. The Bertz CT molecular complexity index is 455. The third kappa shape index (κ3) is 6.98. The molecule has 0 heterocycles. The van der Waals surface area contributed by atoms with Gasteiger partial charge in [-0.1, -0.05) is 44.8 Å². The van der Waals surface area contributed by atoms with Crippen molar-refractivity contribution in [2.24, 2.45) is 11.8 Å². The van der Waals surface area contributed by atoms with Gasteiger partial charge in [0.25, 0.3) is 0 Å². The molecule has 1 aromatic rings. The zero-order chi connectivity index (χ0) is 17.0. The molecule has 0 radical (unpaired) electrons. The fourth-order valence-corrected chi connectivity index (χ4v) is 3.54. The molecule has 2 nitrogen and oxygen atoms in total. The predicted molar refractivity (Wildman–Crippen MR) is 102 cm³/mol. The predicted octanol–water partition coefficient (Wildman–Crippen LogP) is 6.41. The van der Waals surface area contributed by atoms with Crippen molar-refractivity contribution < 1.29 is 9.47 Å². The Kier molecular flexibility index (Phi) is 8.80. The van der Waals surface area contributed by atoms with Crippen LogP contribution >= 0.6 is 0 Å². The SMILES string of the molecule is CCCCCC1CCC(C=CCOc2ccc(OCC)cc2)CC1. The van der Waals surface area contributed by atoms with E-state index in [1.807, 2.05) is 31.2 Å². The average molecular weight is 331 g/mol. The lowest BCUT2D eigenvalue weighted by molar-refractivity contribution is 0.288. The maximum Gasteiger partial charge on any atom is 0.120 e. The topological polar surface area (TPSA) is 18.5 Å². The maximum atomic E-state index is 5.77. The largest absolute Gasteiger partial charge is 0.494 e. The van der Waals surface area contributed by atoms with E-state index in [2.05, 4.69) is 19.1 Å². The van der Waals surface area contributed by atoms with E-state index in [4.69, 9.17) is 9.47 Å². The van der Waals surface area contributed by atoms with Gasteiger partial charge in [-0.25, -0.2) is 0 Å². The molecule has 0 saturated heterocycles. The van der Waals surface area contributed by atoms with E-state index in [9.17, 15) is 0 Å². The third-order valence-electron chi connectivity index (χ3n) is 5.00. The molecule has 2 heteroatoms. The van der Waals surface area contributed by atoms with Crippen molar-refractivity contribution in [2.45, 2.75) is 65.2 Å². The van der Waals surface area contributed by atoms with Crippen LogP contribution in [0, 0.1) is 11.8 Å². The summed E-state index contributed by atoms with van der Waals surface area (Å²) in [5.74, 6) is 3.55. The van der Waals surface area contributed by atoms with Crippen LogP contribution in [0.15, 0.2) is 36.4 Å². The molecule has 1 aliphatic carbocycles. The van der Waals surface area contributed by atoms with Crippen LogP contribution < -0.4 is 9.47 Å². The molecule has 1 fully saturated rings. The van der Waals surface area contributed by atoms with Gasteiger partial charge >= 0.3 is 0 Å². The first-order valence-corrected chi connectivity index (χ1v) is 9.84. The van der Waals surface area contributed by atoms with E-state index >= 15 is 0 Å². The van der Waals surface area contributed by atoms with Crippen LogP contribution in [0.25, 0.3) is 0 Å². The molecule has 0 amide bonds. The molecule has 1 saturated carbocycles. The van der Waals surface area contributed by atoms with Crippen molar-refractivity contribution in [3.05, 3.63) is 36.4 Å². The Morgan fingerprint density at radius 1 is 0.917 bits per heavy atom. The molecule has 2 rings (SSSR count). The van der Waals surface area contributed by atoms with Gasteiger partial charge in [0, 0.05) is 0 Å². The quantitative estimate of drug-likeness (QED) is 0.364. The molecule has 0 spiro atoms. The first-order chi connectivity index (χ1) is 11.8. The second kappa shape index (κ2) is 11.2. The van der Waals surface area contributed by atoms with Gasteiger partial charge in [0.15, 0.2) is 0 Å². The number of unbranched alkanes of at least 4 members (excludes halogenated alkanes) is 2. The first-order valence-electron chi connectivity index (χ1n) is 9.84. The minimum Gasteiger partial charge on any atom is -0.494 e. The van der Waals surface area contributed by atoms with E-state index < -0.39 is 0 Å². The van der Waals surface area contributed by atoms with Gasteiger partial charge in [0.2, 0.25) is 0 Å². The number of hydrogen-bond donors (Lipinski definition) is 0. The Labute approximate surface area is 148 Å². The number of allylic oxidation sites excluding steroid dienone is 1. The zero-order valence-corrected chi connectivity index (χ0v) is 15.5. The van der Waals surface area contributed by atoms with E-state index in [1.165, 1.54) is 51.4 Å². The van der Waals surface area contributed by atoms with Crippen molar-refractivity contribution in [2.75, 3.05) is 13.2 Å². The van der Waals surface area contributed by atoms with E-state index in [-0.39, 0.29) is 0 Å². The summed E-state index contributed by atoms with van der Waals surface area (Å²) in [6, 6.07) is 7.87. The first kappa shape index (κ1) is 18.9. The van der Waals surface area contributed by atoms with Gasteiger partial charge in [-0.05, 0) is 68.7 Å². The van der Waals surface area contributed by atoms with Crippen LogP contribution in [0.2, 0.25) is 0 Å². The molecule has 0 bridgehead atoms. The average Bonchev–Trinajstić information content (AvgIpc) is 2.62. The van der Waals surface area contributed by atoms with Crippen LogP contribution in [0.4, 0.5) is 0 Å². The van der Waals surface area contributed by atoms with E-state index in [0.29, 0.717) is 13.2 Å². The van der Waals surface area contributed by atoms with Crippen LogP contribution in [0.1, 0.15) is 65.2 Å². The smallest absolute Gasteiger partial charge is 0.120 e. The summed E-state index contributed by atoms with van der Waals surface area (Å²) in [5, 5.41) is 0. The number of rotatable bonds is 10. The fraction of sp³-hybridized carbons (Fsp3) is 0.636. The molecule has 0 unspecified atom stereocenters. The lowest BCUT2D eigenvalue weighted by Crippen LogP contribution is -2.13. The molecule has 0 aliphatic heterocycles. The third-order valence-corrected chi connectivity index (χ3v) is 5.00. The monoisotopic (exact) mass is 330 g/mol. The van der Waals surface area contributed by atoms with Gasteiger partial charge in [0.1, 0.15) is 18.1 Å². The van der Waals surface area contributed by atoms with Gasteiger partial charge in [-0.3, -0.25) is 0 Å². The Morgan fingerprint density at radius 2 is 1.58 bits per heavy atom. The van der Waals surface area contributed by atoms with Crippen LogP contribution in [0.5, 0.6) is 11.5 Å². The van der Waals surface area contributed by atoms with Gasteiger partial charge < -0.3 is 9.47 Å². The van der Waals surface area contributed by atoms with Gasteiger partial charge in [-0.2, -0.15) is 0 Å². The van der Waals surface area contributed by atoms with E-state index in [1.54, 1.807) is 0 Å². The van der Waals surface area contributed by atoms with Gasteiger partial charge in [-0.15, -0.1) is 0 Å². The fourth-order valence-electron chi connectivity index (χ4n) is 3.54. The zero-order valence-electron chi connectivity index (χ0n) is 15.5. The summed E-state index contributed by atoms with van der Waals surface area (Å²) >= 11 is 0. The molecule has 0 atom stereocenters. The number of ether oxygens (including phenoxy) is 2. The summed E-state index contributed by atoms with van der Waals surface area (Å²) < 4.78 is 11.2. The minimum atomic E-state index is 0.657. The second-order valence-electron chi connectivity index (χ2n) is 6.92. The van der Waals surface area contributed by atoms with Crippen LogP contribution in [0.3, 0.4) is 0 Å². The van der Waals surface area contributed by atoms with Crippen molar-refractivity contribution in [1.82, 2.24) is 0 Å². The van der Waals surface area contributed by atoms with Crippen molar-refractivity contribution in [3.63, 3.8) is 0 Å². The summed E-state index contributed by atoms with van der Waals surface area (Å²) in [6.45, 7) is 5.64. The normalized spacial score (nSPS) is 21.1. The highest BCUT2D eigenvalue weighted by Crippen LogP contribution is 2.32. The summed E-state index contributed by atoms with van der Waals surface area (Å²) in [4.78, 5) is 0. The Balaban J connectivity index is 1.61. The van der Waals surface area contributed by atoms with Crippen molar-refractivity contribution in [3.8, 4) is 11.5 Å². The highest BCUT2D eigenvalue weighted by molar-refractivity contribution is 5.31. The van der Waals surface area contributed by atoms with Crippen LogP contribution in [-0.2, 0) is 0 Å². The molecule has 1 aliphatic rings. The molecule has 1 aromatic carbocycles. The van der Waals surface area contributed by atoms with Crippen molar-refractivity contribution in [1.29, 1.82) is 0 Å². The molecular weight excluding hydrogens is 296 g/mol. The Hall–Kier alpha value is -1.44. The minimum absolute atomic E-state index is 0.657. The summed E-state index contributed by atoms with van der Waals surface area (Å²) in [7, 11) is 0. The lowest BCUT2D eigenvalue weighted by atomic mass is 9.79. The highest BCUT2D eigenvalue weighted by Gasteiger charge is 2.18. The lowest BCUT2D eigenvalue weighted by Gasteiger charge is -2.26. The summed E-state index contributed by atoms with van der Waals surface area (Å²) in [6.07, 6.45) is 15.7. The second-order valence-corrected chi connectivity index (χ2v) is 6.92. The summed E-state index contributed by atoms with van der Waals surface area (Å²) in [5.41, 5.74) is 0. The maximum absolute atomic E-state index is 5.77. The Morgan fingerprint density at radius 3 is 2.21 bits per heavy atom.